The second kappa shape index (κ2) is 3.62. The van der Waals surface area contributed by atoms with E-state index in [1.807, 2.05) is 0 Å². The Hall–Kier alpha value is -0.300. The highest BCUT2D eigenvalue weighted by Gasteiger charge is 2.47. The molecule has 4 bridgehead atoms. The summed E-state index contributed by atoms with van der Waals surface area (Å²) in [6.45, 7) is 7.16. The summed E-state index contributed by atoms with van der Waals surface area (Å²) in [6, 6.07) is 0.828. The van der Waals surface area contributed by atoms with Crippen LogP contribution in [0.5, 0.6) is 0 Å². The Labute approximate surface area is 93.3 Å². The van der Waals surface area contributed by atoms with Crippen molar-refractivity contribution in [3.8, 4) is 0 Å². The fourth-order valence-electron chi connectivity index (χ4n) is 4.55. The molecule has 4 saturated carbocycles. The van der Waals surface area contributed by atoms with Crippen molar-refractivity contribution in [2.45, 2.75) is 45.1 Å². The summed E-state index contributed by atoms with van der Waals surface area (Å²) in [6.07, 6.45) is 7.61. The number of rotatable bonds is 3. The molecule has 0 heterocycles. The van der Waals surface area contributed by atoms with Crippen molar-refractivity contribution in [2.75, 3.05) is 6.54 Å². The Morgan fingerprint density at radius 3 is 2.07 bits per heavy atom. The van der Waals surface area contributed by atoms with Crippen molar-refractivity contribution in [3.05, 3.63) is 12.2 Å². The first-order valence-electron chi connectivity index (χ1n) is 6.60. The second-order valence-corrected chi connectivity index (χ2v) is 6.29. The standard InChI is InChI=1S/C14H23N/c1-9(2)8-15-14-12-4-10-3-11(6-12)7-13(14)5-10/h10-15H,1,3-8H2,2H3. The lowest BCUT2D eigenvalue weighted by molar-refractivity contribution is -0.0125. The minimum Gasteiger partial charge on any atom is -0.310 e. The fourth-order valence-corrected chi connectivity index (χ4v) is 4.55. The van der Waals surface area contributed by atoms with Gasteiger partial charge in [-0.3, -0.25) is 0 Å². The summed E-state index contributed by atoms with van der Waals surface area (Å²) < 4.78 is 0. The van der Waals surface area contributed by atoms with Gasteiger partial charge >= 0.3 is 0 Å². The molecule has 0 aliphatic heterocycles. The second-order valence-electron chi connectivity index (χ2n) is 6.29. The van der Waals surface area contributed by atoms with Gasteiger partial charge in [0.1, 0.15) is 0 Å². The summed E-state index contributed by atoms with van der Waals surface area (Å²) >= 11 is 0. The topological polar surface area (TPSA) is 12.0 Å². The van der Waals surface area contributed by atoms with Crippen LogP contribution in [0.25, 0.3) is 0 Å². The van der Waals surface area contributed by atoms with Gasteiger partial charge in [0, 0.05) is 12.6 Å². The lowest BCUT2D eigenvalue weighted by atomic mass is 9.54. The summed E-state index contributed by atoms with van der Waals surface area (Å²) in [5, 5.41) is 3.76. The van der Waals surface area contributed by atoms with Crippen LogP contribution in [0, 0.1) is 23.7 Å². The van der Waals surface area contributed by atoms with E-state index in [2.05, 4.69) is 18.8 Å². The molecular weight excluding hydrogens is 182 g/mol. The Balaban J connectivity index is 1.67. The zero-order valence-electron chi connectivity index (χ0n) is 9.84. The highest BCUT2D eigenvalue weighted by Crippen LogP contribution is 2.53. The van der Waals surface area contributed by atoms with Gasteiger partial charge in [0.2, 0.25) is 0 Å². The van der Waals surface area contributed by atoms with E-state index < -0.39 is 0 Å². The number of nitrogens with one attached hydrogen (secondary N) is 1. The largest absolute Gasteiger partial charge is 0.310 e. The van der Waals surface area contributed by atoms with Crippen LogP contribution in [0.2, 0.25) is 0 Å². The van der Waals surface area contributed by atoms with Gasteiger partial charge in [0.05, 0.1) is 0 Å². The van der Waals surface area contributed by atoms with Gasteiger partial charge in [-0.15, -0.1) is 0 Å². The third kappa shape index (κ3) is 1.75. The van der Waals surface area contributed by atoms with Crippen LogP contribution in [-0.4, -0.2) is 12.6 Å². The highest BCUT2D eigenvalue weighted by molar-refractivity contribution is 5.03. The van der Waals surface area contributed by atoms with Crippen LogP contribution >= 0.6 is 0 Å². The van der Waals surface area contributed by atoms with Gasteiger partial charge in [0.25, 0.3) is 0 Å². The molecule has 0 unspecified atom stereocenters. The molecule has 0 aromatic carbocycles. The zero-order valence-corrected chi connectivity index (χ0v) is 9.84. The fraction of sp³-hybridized carbons (Fsp3) is 0.857. The molecule has 4 rings (SSSR count). The average molecular weight is 205 g/mol. The van der Waals surface area contributed by atoms with Gasteiger partial charge in [-0.05, 0) is 62.7 Å². The lowest BCUT2D eigenvalue weighted by Crippen LogP contribution is -2.54. The first kappa shape index (κ1) is 9.89. The maximum absolute atomic E-state index is 3.99. The van der Waals surface area contributed by atoms with E-state index in [1.54, 1.807) is 6.42 Å². The van der Waals surface area contributed by atoms with E-state index in [0.29, 0.717) is 0 Å². The maximum atomic E-state index is 3.99. The molecule has 15 heavy (non-hydrogen) atoms. The molecule has 4 aliphatic carbocycles. The van der Waals surface area contributed by atoms with E-state index in [1.165, 1.54) is 31.3 Å². The van der Waals surface area contributed by atoms with Gasteiger partial charge in [-0.25, -0.2) is 0 Å². The van der Waals surface area contributed by atoms with E-state index in [0.717, 1.165) is 36.3 Å². The van der Waals surface area contributed by atoms with Crippen LogP contribution in [0.15, 0.2) is 12.2 Å². The third-order valence-corrected chi connectivity index (χ3v) is 4.87. The molecule has 0 spiro atoms. The van der Waals surface area contributed by atoms with Crippen molar-refractivity contribution < 1.29 is 0 Å². The molecule has 0 saturated heterocycles. The van der Waals surface area contributed by atoms with Crippen molar-refractivity contribution >= 4 is 0 Å². The molecule has 1 heteroatoms. The molecule has 1 N–H and O–H groups in total. The van der Waals surface area contributed by atoms with E-state index in [-0.39, 0.29) is 0 Å². The Morgan fingerprint density at radius 1 is 1.07 bits per heavy atom. The quantitative estimate of drug-likeness (QED) is 0.698. The van der Waals surface area contributed by atoms with Gasteiger partial charge < -0.3 is 5.32 Å². The predicted molar refractivity (Wildman–Crippen MR) is 63.6 cm³/mol. The van der Waals surface area contributed by atoms with Crippen LogP contribution in [0.1, 0.15) is 39.0 Å². The van der Waals surface area contributed by atoms with E-state index in [4.69, 9.17) is 0 Å². The first-order valence-corrected chi connectivity index (χ1v) is 6.60. The van der Waals surface area contributed by atoms with Crippen molar-refractivity contribution in [1.82, 2.24) is 5.32 Å². The zero-order chi connectivity index (χ0) is 10.4. The van der Waals surface area contributed by atoms with Crippen LogP contribution in [0.4, 0.5) is 0 Å². The lowest BCUT2D eigenvalue weighted by Gasteiger charge is -2.54. The van der Waals surface area contributed by atoms with Crippen molar-refractivity contribution in [2.24, 2.45) is 23.7 Å². The van der Waals surface area contributed by atoms with Crippen LogP contribution in [-0.2, 0) is 0 Å². The molecular formula is C14H23N. The smallest absolute Gasteiger partial charge is 0.0161 e. The molecule has 1 nitrogen and oxygen atoms in total. The van der Waals surface area contributed by atoms with Crippen LogP contribution < -0.4 is 5.32 Å². The Morgan fingerprint density at radius 2 is 1.60 bits per heavy atom. The monoisotopic (exact) mass is 205 g/mol. The molecule has 0 radical (unpaired) electrons. The third-order valence-electron chi connectivity index (χ3n) is 4.87. The minimum absolute atomic E-state index is 0.828. The molecule has 84 valence electrons. The Kier molecular flexibility index (Phi) is 2.39. The summed E-state index contributed by atoms with van der Waals surface area (Å²) in [4.78, 5) is 0. The highest BCUT2D eigenvalue weighted by atomic mass is 14.9. The summed E-state index contributed by atoms with van der Waals surface area (Å²) in [5.41, 5.74) is 1.28. The summed E-state index contributed by atoms with van der Waals surface area (Å²) in [7, 11) is 0. The van der Waals surface area contributed by atoms with Crippen LogP contribution in [0.3, 0.4) is 0 Å². The molecule has 0 aromatic rings. The summed E-state index contributed by atoms with van der Waals surface area (Å²) in [5.74, 6) is 4.19. The molecule has 0 atom stereocenters. The van der Waals surface area contributed by atoms with E-state index in [9.17, 15) is 0 Å². The maximum Gasteiger partial charge on any atom is 0.0161 e. The van der Waals surface area contributed by atoms with Crippen molar-refractivity contribution in [3.63, 3.8) is 0 Å². The normalized spacial score (nSPS) is 47.1. The van der Waals surface area contributed by atoms with Gasteiger partial charge in [-0.1, -0.05) is 12.2 Å². The average Bonchev–Trinajstić information content (AvgIpc) is 2.14. The predicted octanol–water partition coefficient (Wildman–Crippen LogP) is 2.98. The molecule has 0 aromatic heterocycles. The van der Waals surface area contributed by atoms with Gasteiger partial charge in [0.15, 0.2) is 0 Å². The minimum atomic E-state index is 0.828. The first-order chi connectivity index (χ1) is 7.22. The van der Waals surface area contributed by atoms with E-state index >= 15 is 0 Å². The van der Waals surface area contributed by atoms with Gasteiger partial charge in [-0.2, -0.15) is 0 Å². The Bertz CT molecular complexity index is 241. The molecule has 4 aliphatic rings. The molecule has 4 fully saturated rings. The molecule has 0 amide bonds. The van der Waals surface area contributed by atoms with Crippen molar-refractivity contribution in [1.29, 1.82) is 0 Å². The SMILES string of the molecule is C=C(C)CNC1C2CC3CC(C2)CC1C3. The number of hydrogen-bond acceptors (Lipinski definition) is 1. The number of hydrogen-bond donors (Lipinski definition) is 1.